The summed E-state index contributed by atoms with van der Waals surface area (Å²) in [4.78, 5) is 11.5. The van der Waals surface area contributed by atoms with Gasteiger partial charge in [0.1, 0.15) is 0 Å². The van der Waals surface area contributed by atoms with Gasteiger partial charge in [-0.05, 0) is 13.8 Å². The van der Waals surface area contributed by atoms with Gasteiger partial charge in [-0.25, -0.2) is 0 Å². The average molecular weight is 226 g/mol. The normalized spacial score (nSPS) is 10.4. The highest BCUT2D eigenvalue weighted by Crippen LogP contribution is 2.15. The average Bonchev–Trinajstić information content (AvgIpc) is 2.56. The first kappa shape index (κ1) is 12.7. The van der Waals surface area contributed by atoms with Crippen LogP contribution >= 0.6 is 0 Å². The Bertz CT molecular complexity index is 329. The molecule has 0 spiro atoms. The van der Waals surface area contributed by atoms with Gasteiger partial charge < -0.3 is 15.4 Å². The number of anilines is 1. The Balaban J connectivity index is 2.34. The summed E-state index contributed by atoms with van der Waals surface area (Å²) in [5.41, 5.74) is 2.42. The SMILES string of the molecule is COCCNCC(=O)Nc1c(C)n[nH]c1C. The van der Waals surface area contributed by atoms with E-state index in [9.17, 15) is 4.79 Å². The van der Waals surface area contributed by atoms with E-state index in [0.717, 1.165) is 17.1 Å². The first-order chi connectivity index (χ1) is 7.65. The first-order valence-corrected chi connectivity index (χ1v) is 5.16. The topological polar surface area (TPSA) is 79.0 Å². The minimum atomic E-state index is -0.0799. The number of methoxy groups -OCH3 is 1. The fraction of sp³-hybridized carbons (Fsp3) is 0.600. The van der Waals surface area contributed by atoms with E-state index in [1.165, 1.54) is 0 Å². The number of ether oxygens (including phenoxy) is 1. The number of aromatic amines is 1. The number of hydrogen-bond acceptors (Lipinski definition) is 4. The molecule has 0 aliphatic rings. The monoisotopic (exact) mass is 226 g/mol. The van der Waals surface area contributed by atoms with Gasteiger partial charge in [0.2, 0.25) is 5.91 Å². The zero-order valence-corrected chi connectivity index (χ0v) is 9.89. The van der Waals surface area contributed by atoms with Crippen LogP contribution in [-0.4, -0.2) is 42.9 Å². The van der Waals surface area contributed by atoms with Gasteiger partial charge >= 0.3 is 0 Å². The lowest BCUT2D eigenvalue weighted by Gasteiger charge is -2.06. The van der Waals surface area contributed by atoms with Crippen molar-refractivity contribution in [1.29, 1.82) is 0 Å². The Morgan fingerprint density at radius 1 is 1.50 bits per heavy atom. The third-order valence-electron chi connectivity index (χ3n) is 2.16. The molecule has 0 atom stereocenters. The largest absolute Gasteiger partial charge is 0.383 e. The van der Waals surface area contributed by atoms with Gasteiger partial charge in [0.15, 0.2) is 0 Å². The van der Waals surface area contributed by atoms with E-state index in [4.69, 9.17) is 4.74 Å². The minimum absolute atomic E-state index is 0.0799. The molecule has 1 aromatic rings. The van der Waals surface area contributed by atoms with Crippen LogP contribution < -0.4 is 10.6 Å². The van der Waals surface area contributed by atoms with Crippen molar-refractivity contribution < 1.29 is 9.53 Å². The third-order valence-corrected chi connectivity index (χ3v) is 2.16. The molecule has 6 heteroatoms. The molecule has 0 radical (unpaired) electrons. The van der Waals surface area contributed by atoms with Crippen LogP contribution in [0.25, 0.3) is 0 Å². The molecule has 1 rings (SSSR count). The highest BCUT2D eigenvalue weighted by Gasteiger charge is 2.09. The van der Waals surface area contributed by atoms with Crippen LogP contribution in [0.1, 0.15) is 11.4 Å². The molecule has 0 saturated heterocycles. The number of aryl methyl sites for hydroxylation is 2. The highest BCUT2D eigenvalue weighted by molar-refractivity contribution is 5.93. The van der Waals surface area contributed by atoms with Crippen molar-refractivity contribution in [1.82, 2.24) is 15.5 Å². The molecular formula is C10H18N4O2. The maximum Gasteiger partial charge on any atom is 0.238 e. The molecule has 3 N–H and O–H groups in total. The number of rotatable bonds is 6. The first-order valence-electron chi connectivity index (χ1n) is 5.16. The van der Waals surface area contributed by atoms with Crippen molar-refractivity contribution in [2.45, 2.75) is 13.8 Å². The van der Waals surface area contributed by atoms with E-state index in [0.29, 0.717) is 13.2 Å². The predicted octanol–water partition coefficient (Wildman–Crippen LogP) is 0.201. The summed E-state index contributed by atoms with van der Waals surface area (Å²) in [5, 5.41) is 12.6. The Hall–Kier alpha value is -1.40. The summed E-state index contributed by atoms with van der Waals surface area (Å²) in [5.74, 6) is -0.0799. The number of carbonyl (C=O) groups is 1. The molecule has 0 fully saturated rings. The second kappa shape index (κ2) is 6.24. The quantitative estimate of drug-likeness (QED) is 0.605. The van der Waals surface area contributed by atoms with E-state index in [-0.39, 0.29) is 12.5 Å². The molecule has 0 aliphatic carbocycles. The standard InChI is InChI=1S/C10H18N4O2/c1-7-10(8(2)14-13-7)12-9(15)6-11-4-5-16-3/h11H,4-6H2,1-3H3,(H,12,15)(H,13,14). The van der Waals surface area contributed by atoms with Crippen LogP contribution in [0, 0.1) is 13.8 Å². The molecule has 6 nitrogen and oxygen atoms in total. The summed E-state index contributed by atoms with van der Waals surface area (Å²) >= 11 is 0. The maximum atomic E-state index is 11.5. The van der Waals surface area contributed by atoms with E-state index < -0.39 is 0 Å². The molecular weight excluding hydrogens is 208 g/mol. The van der Waals surface area contributed by atoms with Crippen molar-refractivity contribution in [3.63, 3.8) is 0 Å². The van der Waals surface area contributed by atoms with E-state index >= 15 is 0 Å². The van der Waals surface area contributed by atoms with Crippen LogP contribution in [0.15, 0.2) is 0 Å². The Morgan fingerprint density at radius 3 is 2.81 bits per heavy atom. The lowest BCUT2D eigenvalue weighted by Crippen LogP contribution is -2.30. The lowest BCUT2D eigenvalue weighted by atomic mass is 10.3. The van der Waals surface area contributed by atoms with Crippen LogP contribution in [0.2, 0.25) is 0 Å². The second-order valence-electron chi connectivity index (χ2n) is 3.53. The number of nitrogens with one attached hydrogen (secondary N) is 3. The van der Waals surface area contributed by atoms with Crippen LogP contribution in [-0.2, 0) is 9.53 Å². The molecule has 0 aliphatic heterocycles. The highest BCUT2D eigenvalue weighted by atomic mass is 16.5. The number of hydrogen-bond donors (Lipinski definition) is 3. The van der Waals surface area contributed by atoms with Crippen LogP contribution in [0.5, 0.6) is 0 Å². The van der Waals surface area contributed by atoms with Crippen LogP contribution in [0.3, 0.4) is 0 Å². The number of amides is 1. The van der Waals surface area contributed by atoms with Crippen molar-refractivity contribution in [2.24, 2.45) is 0 Å². The molecule has 1 heterocycles. The summed E-state index contributed by atoms with van der Waals surface area (Å²) in [6.07, 6.45) is 0. The molecule has 0 aromatic carbocycles. The van der Waals surface area contributed by atoms with E-state index in [1.807, 2.05) is 13.8 Å². The number of H-pyrrole nitrogens is 1. The molecule has 1 amide bonds. The zero-order valence-electron chi connectivity index (χ0n) is 9.89. The Labute approximate surface area is 94.8 Å². The number of nitrogens with zero attached hydrogens (tertiary/aromatic N) is 1. The van der Waals surface area contributed by atoms with Gasteiger partial charge in [-0.15, -0.1) is 0 Å². The fourth-order valence-corrected chi connectivity index (χ4v) is 1.29. The van der Waals surface area contributed by atoms with Gasteiger partial charge in [0, 0.05) is 13.7 Å². The van der Waals surface area contributed by atoms with Crippen molar-refractivity contribution in [2.75, 3.05) is 32.1 Å². The fourth-order valence-electron chi connectivity index (χ4n) is 1.29. The number of aromatic nitrogens is 2. The molecule has 0 bridgehead atoms. The predicted molar refractivity (Wildman–Crippen MR) is 61.4 cm³/mol. The summed E-state index contributed by atoms with van der Waals surface area (Å²) in [6, 6.07) is 0. The lowest BCUT2D eigenvalue weighted by molar-refractivity contribution is -0.115. The van der Waals surface area contributed by atoms with E-state index in [1.54, 1.807) is 7.11 Å². The molecule has 16 heavy (non-hydrogen) atoms. The second-order valence-corrected chi connectivity index (χ2v) is 3.53. The summed E-state index contributed by atoms with van der Waals surface area (Å²) in [7, 11) is 1.62. The Morgan fingerprint density at radius 2 is 2.25 bits per heavy atom. The van der Waals surface area contributed by atoms with Crippen molar-refractivity contribution in [3.8, 4) is 0 Å². The number of carbonyl (C=O) groups excluding carboxylic acids is 1. The molecule has 1 aromatic heterocycles. The van der Waals surface area contributed by atoms with Gasteiger partial charge in [-0.1, -0.05) is 0 Å². The van der Waals surface area contributed by atoms with Crippen molar-refractivity contribution in [3.05, 3.63) is 11.4 Å². The summed E-state index contributed by atoms with van der Waals surface area (Å²) < 4.78 is 4.86. The van der Waals surface area contributed by atoms with Gasteiger partial charge in [0.05, 0.1) is 30.2 Å². The maximum absolute atomic E-state index is 11.5. The van der Waals surface area contributed by atoms with Crippen molar-refractivity contribution >= 4 is 11.6 Å². The van der Waals surface area contributed by atoms with Gasteiger partial charge in [-0.3, -0.25) is 9.89 Å². The van der Waals surface area contributed by atoms with Gasteiger partial charge in [-0.2, -0.15) is 5.10 Å². The molecule has 90 valence electrons. The molecule has 0 unspecified atom stereocenters. The third kappa shape index (κ3) is 3.63. The summed E-state index contributed by atoms with van der Waals surface area (Å²) in [6.45, 7) is 5.24. The minimum Gasteiger partial charge on any atom is -0.383 e. The van der Waals surface area contributed by atoms with Gasteiger partial charge in [0.25, 0.3) is 0 Å². The zero-order chi connectivity index (χ0) is 12.0. The molecule has 0 saturated carbocycles. The Kier molecular flexibility index (Phi) is 4.94. The smallest absolute Gasteiger partial charge is 0.238 e. The van der Waals surface area contributed by atoms with Crippen LogP contribution in [0.4, 0.5) is 5.69 Å². The van der Waals surface area contributed by atoms with E-state index in [2.05, 4.69) is 20.8 Å².